The highest BCUT2D eigenvalue weighted by molar-refractivity contribution is 5.99. The van der Waals surface area contributed by atoms with Crippen molar-refractivity contribution in [1.82, 2.24) is 0 Å². The first-order chi connectivity index (χ1) is 8.33. The summed E-state index contributed by atoms with van der Waals surface area (Å²) in [6.45, 7) is 2.27. The van der Waals surface area contributed by atoms with Crippen LogP contribution in [-0.4, -0.2) is 5.78 Å². The Morgan fingerprint density at radius 2 is 1.88 bits per heavy atom. The number of allylic oxidation sites excluding steroid dienone is 2. The Balaban J connectivity index is 1.99. The van der Waals surface area contributed by atoms with Crippen LogP contribution in [0.5, 0.6) is 0 Å². The largest absolute Gasteiger partial charge is 0.294 e. The molecule has 3 unspecified atom stereocenters. The summed E-state index contributed by atoms with van der Waals surface area (Å²) in [6.07, 6.45) is 11.4. The molecule has 3 aliphatic carbocycles. The van der Waals surface area contributed by atoms with E-state index in [2.05, 4.69) is 6.92 Å². The number of Topliss-reactive ketones (excluding diaryl/α,β-unsaturated/α-hetero) is 1. The molecule has 0 N–H and O–H groups in total. The van der Waals surface area contributed by atoms with Gasteiger partial charge in [0.05, 0.1) is 0 Å². The smallest absolute Gasteiger partial charge is 0.162 e. The van der Waals surface area contributed by atoms with Crippen molar-refractivity contribution in [3.05, 3.63) is 11.1 Å². The second-order valence-corrected chi connectivity index (χ2v) is 6.17. The Kier molecular flexibility index (Phi) is 3.10. The Bertz CT molecular complexity index is 353. The number of rotatable bonds is 2. The van der Waals surface area contributed by atoms with Crippen LogP contribution in [0, 0.1) is 17.8 Å². The Morgan fingerprint density at radius 1 is 1.06 bits per heavy atom. The van der Waals surface area contributed by atoms with Crippen LogP contribution < -0.4 is 0 Å². The summed E-state index contributed by atoms with van der Waals surface area (Å²) < 4.78 is 0. The molecule has 2 bridgehead atoms. The number of fused-ring (bicyclic) bond motifs is 3. The second kappa shape index (κ2) is 4.59. The van der Waals surface area contributed by atoms with Gasteiger partial charge in [0.25, 0.3) is 0 Å². The highest BCUT2D eigenvalue weighted by Gasteiger charge is 2.44. The van der Waals surface area contributed by atoms with Gasteiger partial charge < -0.3 is 0 Å². The van der Waals surface area contributed by atoms with Gasteiger partial charge in [0.15, 0.2) is 5.78 Å². The fourth-order valence-corrected chi connectivity index (χ4v) is 4.61. The standard InChI is InChI=1S/C16H24O/c1-2-6-11-12-7-3-4-8-13(12)15-10-5-9-14(11)16(15)17/h11-12,14H,2-10H2,1H3. The van der Waals surface area contributed by atoms with E-state index in [0.29, 0.717) is 17.6 Å². The molecular weight excluding hydrogens is 208 g/mol. The molecule has 2 fully saturated rings. The number of hydrogen-bond acceptors (Lipinski definition) is 1. The van der Waals surface area contributed by atoms with Crippen LogP contribution in [0.4, 0.5) is 0 Å². The van der Waals surface area contributed by atoms with Crippen LogP contribution in [0.15, 0.2) is 11.1 Å². The SMILES string of the molecule is CCCC1C2CCCC(=C3CCCCC31)C2=O. The van der Waals surface area contributed by atoms with Crippen LogP contribution in [0.3, 0.4) is 0 Å². The van der Waals surface area contributed by atoms with Crippen molar-refractivity contribution >= 4 is 5.78 Å². The van der Waals surface area contributed by atoms with Crippen LogP contribution >= 0.6 is 0 Å². The third-order valence-electron chi connectivity index (χ3n) is 5.28. The Morgan fingerprint density at radius 3 is 2.71 bits per heavy atom. The van der Waals surface area contributed by atoms with Crippen LogP contribution in [0.1, 0.15) is 64.7 Å². The number of hydrogen-bond donors (Lipinski definition) is 0. The molecule has 0 amide bonds. The maximum absolute atomic E-state index is 12.5. The summed E-state index contributed by atoms with van der Waals surface area (Å²) in [7, 11) is 0. The molecule has 3 atom stereocenters. The first-order valence-electron chi connectivity index (χ1n) is 7.59. The Labute approximate surface area is 105 Å². The third kappa shape index (κ3) is 1.78. The quantitative estimate of drug-likeness (QED) is 0.694. The molecular formula is C16H24O. The van der Waals surface area contributed by atoms with Gasteiger partial charge in [-0.1, -0.05) is 25.3 Å². The minimum Gasteiger partial charge on any atom is -0.294 e. The summed E-state index contributed by atoms with van der Waals surface area (Å²) in [5, 5.41) is 0. The van der Waals surface area contributed by atoms with E-state index in [4.69, 9.17) is 0 Å². The summed E-state index contributed by atoms with van der Waals surface area (Å²) >= 11 is 0. The minimum absolute atomic E-state index is 0.408. The van der Waals surface area contributed by atoms with Crippen LogP contribution in [0.25, 0.3) is 0 Å². The molecule has 0 heterocycles. The number of carbonyl (C=O) groups is 1. The lowest BCUT2D eigenvalue weighted by Crippen LogP contribution is -2.40. The average Bonchev–Trinajstić information content (AvgIpc) is 2.35. The van der Waals surface area contributed by atoms with Crippen molar-refractivity contribution in [3.8, 4) is 0 Å². The van der Waals surface area contributed by atoms with Gasteiger partial charge in [-0.05, 0) is 62.4 Å². The van der Waals surface area contributed by atoms with Crippen molar-refractivity contribution in [2.24, 2.45) is 17.8 Å². The molecule has 3 rings (SSSR count). The molecule has 0 aromatic rings. The molecule has 1 nitrogen and oxygen atoms in total. The van der Waals surface area contributed by atoms with Crippen molar-refractivity contribution in [2.45, 2.75) is 64.7 Å². The van der Waals surface area contributed by atoms with E-state index in [-0.39, 0.29) is 0 Å². The average molecular weight is 232 g/mol. The lowest BCUT2D eigenvalue weighted by atomic mass is 9.59. The van der Waals surface area contributed by atoms with Crippen molar-refractivity contribution < 1.29 is 4.79 Å². The van der Waals surface area contributed by atoms with Gasteiger partial charge in [-0.3, -0.25) is 4.79 Å². The van der Waals surface area contributed by atoms with Gasteiger partial charge in [-0.25, -0.2) is 0 Å². The topological polar surface area (TPSA) is 17.1 Å². The van der Waals surface area contributed by atoms with Gasteiger partial charge >= 0.3 is 0 Å². The van der Waals surface area contributed by atoms with E-state index in [1.54, 1.807) is 5.57 Å². The van der Waals surface area contributed by atoms with Crippen molar-refractivity contribution in [1.29, 1.82) is 0 Å². The molecule has 0 saturated heterocycles. The third-order valence-corrected chi connectivity index (χ3v) is 5.28. The zero-order valence-corrected chi connectivity index (χ0v) is 11.0. The molecule has 0 spiro atoms. The van der Waals surface area contributed by atoms with Crippen molar-refractivity contribution in [2.75, 3.05) is 0 Å². The molecule has 0 aromatic heterocycles. The maximum atomic E-state index is 12.5. The fraction of sp³-hybridized carbons (Fsp3) is 0.812. The molecule has 0 radical (unpaired) electrons. The summed E-state index contributed by atoms with van der Waals surface area (Å²) in [4.78, 5) is 12.5. The summed E-state index contributed by atoms with van der Waals surface area (Å²) in [5.74, 6) is 2.46. The minimum atomic E-state index is 0.408. The van der Waals surface area contributed by atoms with Gasteiger partial charge in [-0.15, -0.1) is 0 Å². The predicted octanol–water partition coefficient (Wildman–Crippen LogP) is 4.27. The van der Waals surface area contributed by atoms with Gasteiger partial charge in [0, 0.05) is 5.92 Å². The van der Waals surface area contributed by atoms with Crippen molar-refractivity contribution in [3.63, 3.8) is 0 Å². The molecule has 17 heavy (non-hydrogen) atoms. The van der Waals surface area contributed by atoms with Crippen LogP contribution in [-0.2, 0) is 4.79 Å². The molecule has 3 aliphatic rings. The molecule has 2 saturated carbocycles. The molecule has 1 heteroatoms. The normalized spacial score (nSPS) is 37.0. The molecule has 94 valence electrons. The predicted molar refractivity (Wildman–Crippen MR) is 69.7 cm³/mol. The zero-order valence-electron chi connectivity index (χ0n) is 11.0. The fourth-order valence-electron chi connectivity index (χ4n) is 4.61. The van der Waals surface area contributed by atoms with E-state index in [0.717, 1.165) is 12.3 Å². The number of carbonyl (C=O) groups excluding carboxylic acids is 1. The highest BCUT2D eigenvalue weighted by atomic mass is 16.1. The maximum Gasteiger partial charge on any atom is 0.162 e. The van der Waals surface area contributed by atoms with Gasteiger partial charge in [-0.2, -0.15) is 0 Å². The second-order valence-electron chi connectivity index (χ2n) is 6.17. The summed E-state index contributed by atoms with van der Waals surface area (Å²) in [5.41, 5.74) is 2.90. The van der Waals surface area contributed by atoms with E-state index in [1.807, 2.05) is 0 Å². The van der Waals surface area contributed by atoms with Gasteiger partial charge in [0.1, 0.15) is 0 Å². The van der Waals surface area contributed by atoms with E-state index < -0.39 is 0 Å². The monoisotopic (exact) mass is 232 g/mol. The first-order valence-corrected chi connectivity index (χ1v) is 7.59. The molecule has 0 aliphatic heterocycles. The highest BCUT2D eigenvalue weighted by Crippen LogP contribution is 2.50. The lowest BCUT2D eigenvalue weighted by Gasteiger charge is -2.45. The Hall–Kier alpha value is -0.590. The van der Waals surface area contributed by atoms with Crippen LogP contribution in [0.2, 0.25) is 0 Å². The first kappa shape index (κ1) is 11.5. The molecule has 0 aromatic carbocycles. The zero-order chi connectivity index (χ0) is 11.8. The number of ketones is 1. The van der Waals surface area contributed by atoms with E-state index in [9.17, 15) is 4.79 Å². The summed E-state index contributed by atoms with van der Waals surface area (Å²) in [6, 6.07) is 0. The van der Waals surface area contributed by atoms with E-state index in [1.165, 1.54) is 56.9 Å². The lowest BCUT2D eigenvalue weighted by molar-refractivity contribution is -0.124. The van der Waals surface area contributed by atoms with Gasteiger partial charge in [0.2, 0.25) is 0 Å². The van der Waals surface area contributed by atoms with E-state index >= 15 is 0 Å².